The van der Waals surface area contributed by atoms with E-state index in [0.29, 0.717) is 18.0 Å². The first-order valence-electron chi connectivity index (χ1n) is 8.24. The van der Waals surface area contributed by atoms with Crippen LogP contribution in [0.5, 0.6) is 0 Å². The zero-order valence-electron chi connectivity index (χ0n) is 15.5. The quantitative estimate of drug-likeness (QED) is 0.759. The van der Waals surface area contributed by atoms with E-state index in [2.05, 4.69) is 4.98 Å². The van der Waals surface area contributed by atoms with E-state index in [4.69, 9.17) is 4.74 Å². The molecule has 0 radical (unpaired) electrons. The van der Waals surface area contributed by atoms with Crippen molar-refractivity contribution in [3.8, 4) is 0 Å². The van der Waals surface area contributed by atoms with Gasteiger partial charge in [0.25, 0.3) is 0 Å². The zero-order chi connectivity index (χ0) is 18.6. The number of benzene rings is 1. The van der Waals surface area contributed by atoms with E-state index in [1.807, 2.05) is 45.9 Å². The van der Waals surface area contributed by atoms with Crippen LogP contribution in [0.15, 0.2) is 35.5 Å². The molecule has 0 unspecified atom stereocenters. The monoisotopic (exact) mass is 362 g/mol. The van der Waals surface area contributed by atoms with Crippen molar-refractivity contribution >= 4 is 10.0 Å². The summed E-state index contributed by atoms with van der Waals surface area (Å²) < 4.78 is 33.5. The topological polar surface area (TPSA) is 59.5 Å². The molecular formula is C19H26N2O3S. The molecule has 0 saturated heterocycles. The molecule has 0 spiro atoms. The van der Waals surface area contributed by atoms with Gasteiger partial charge in [-0.2, -0.15) is 4.31 Å². The maximum atomic E-state index is 13.4. The van der Waals surface area contributed by atoms with Crippen molar-refractivity contribution in [2.75, 3.05) is 20.3 Å². The van der Waals surface area contributed by atoms with Crippen LogP contribution in [0.25, 0.3) is 0 Å². The maximum Gasteiger partial charge on any atom is 0.244 e. The summed E-state index contributed by atoms with van der Waals surface area (Å²) in [6.45, 7) is 8.52. The lowest BCUT2D eigenvalue weighted by Crippen LogP contribution is -2.34. The molecule has 6 heteroatoms. The van der Waals surface area contributed by atoms with Crippen LogP contribution in [0.1, 0.15) is 27.8 Å². The van der Waals surface area contributed by atoms with Gasteiger partial charge in [-0.3, -0.25) is 4.98 Å². The van der Waals surface area contributed by atoms with Gasteiger partial charge in [-0.15, -0.1) is 0 Å². The van der Waals surface area contributed by atoms with E-state index < -0.39 is 10.0 Å². The summed E-state index contributed by atoms with van der Waals surface area (Å²) in [6, 6.07) is 5.72. The molecule has 1 heterocycles. The second-order valence-electron chi connectivity index (χ2n) is 6.28. The van der Waals surface area contributed by atoms with Gasteiger partial charge in [0.2, 0.25) is 10.0 Å². The Kier molecular flexibility index (Phi) is 6.32. The fourth-order valence-corrected chi connectivity index (χ4v) is 4.86. The fraction of sp³-hybridized carbons (Fsp3) is 0.421. The van der Waals surface area contributed by atoms with Crippen LogP contribution < -0.4 is 0 Å². The van der Waals surface area contributed by atoms with Gasteiger partial charge in [0.15, 0.2) is 0 Å². The highest BCUT2D eigenvalue weighted by Crippen LogP contribution is 2.29. The lowest BCUT2D eigenvalue weighted by atomic mass is 10.0. The standard InChI is InChI=1S/C19H26N2O3S/c1-14-11-15(2)17(4)19(16(14)3)25(22,23)21(9-10-24-5)13-18-7-6-8-20-12-18/h6-8,11-12H,9-10,13H2,1-5H3. The Morgan fingerprint density at radius 2 is 1.76 bits per heavy atom. The van der Waals surface area contributed by atoms with Crippen molar-refractivity contribution in [1.82, 2.24) is 9.29 Å². The highest BCUT2D eigenvalue weighted by Gasteiger charge is 2.29. The number of ether oxygens (including phenoxy) is 1. The van der Waals surface area contributed by atoms with Gasteiger partial charge in [-0.1, -0.05) is 12.1 Å². The average Bonchev–Trinajstić information content (AvgIpc) is 2.57. The Morgan fingerprint density at radius 1 is 1.12 bits per heavy atom. The molecule has 0 fully saturated rings. The largest absolute Gasteiger partial charge is 0.383 e. The van der Waals surface area contributed by atoms with E-state index in [1.165, 1.54) is 4.31 Å². The number of aromatic nitrogens is 1. The number of sulfonamides is 1. The van der Waals surface area contributed by atoms with Crippen molar-refractivity contribution in [3.63, 3.8) is 0 Å². The number of rotatable bonds is 7. The lowest BCUT2D eigenvalue weighted by Gasteiger charge is -2.25. The van der Waals surface area contributed by atoms with E-state index >= 15 is 0 Å². The third kappa shape index (κ3) is 4.26. The van der Waals surface area contributed by atoms with Crippen LogP contribution in [-0.4, -0.2) is 38.0 Å². The van der Waals surface area contributed by atoms with Gasteiger partial charge in [0, 0.05) is 32.6 Å². The van der Waals surface area contributed by atoms with Crippen molar-refractivity contribution in [2.24, 2.45) is 0 Å². The predicted octanol–water partition coefficient (Wildman–Crippen LogP) is 3.15. The number of pyridine rings is 1. The van der Waals surface area contributed by atoms with Gasteiger partial charge >= 0.3 is 0 Å². The third-order valence-corrected chi connectivity index (χ3v) is 6.64. The van der Waals surface area contributed by atoms with Crippen LogP contribution in [0, 0.1) is 27.7 Å². The number of nitrogens with zero attached hydrogens (tertiary/aromatic N) is 2. The summed E-state index contributed by atoms with van der Waals surface area (Å²) in [4.78, 5) is 4.49. The predicted molar refractivity (Wildman–Crippen MR) is 99.1 cm³/mol. The van der Waals surface area contributed by atoms with Gasteiger partial charge in [0.1, 0.15) is 0 Å². The van der Waals surface area contributed by atoms with Crippen molar-refractivity contribution in [2.45, 2.75) is 39.1 Å². The molecule has 5 nitrogen and oxygen atoms in total. The maximum absolute atomic E-state index is 13.4. The molecule has 2 rings (SSSR count). The highest BCUT2D eigenvalue weighted by atomic mass is 32.2. The summed E-state index contributed by atoms with van der Waals surface area (Å²) >= 11 is 0. The van der Waals surface area contributed by atoms with E-state index in [1.54, 1.807) is 19.5 Å². The molecule has 25 heavy (non-hydrogen) atoms. The second kappa shape index (κ2) is 8.08. The molecule has 136 valence electrons. The molecule has 0 aliphatic rings. The Morgan fingerprint density at radius 3 is 2.28 bits per heavy atom. The summed E-state index contributed by atoms with van der Waals surface area (Å²) in [5.74, 6) is 0. The lowest BCUT2D eigenvalue weighted by molar-refractivity contribution is 0.177. The van der Waals surface area contributed by atoms with Crippen LogP contribution in [0.4, 0.5) is 0 Å². The second-order valence-corrected chi connectivity index (χ2v) is 8.16. The minimum absolute atomic E-state index is 0.269. The zero-order valence-corrected chi connectivity index (χ0v) is 16.4. The van der Waals surface area contributed by atoms with Crippen LogP contribution >= 0.6 is 0 Å². The van der Waals surface area contributed by atoms with E-state index in [9.17, 15) is 8.42 Å². The average molecular weight is 362 g/mol. The number of hydrogen-bond acceptors (Lipinski definition) is 4. The van der Waals surface area contributed by atoms with E-state index in [0.717, 1.165) is 27.8 Å². The van der Waals surface area contributed by atoms with Gasteiger partial charge in [-0.05, 0) is 61.6 Å². The summed E-state index contributed by atoms with van der Waals surface area (Å²) in [5, 5.41) is 0. The first-order valence-corrected chi connectivity index (χ1v) is 9.68. The molecule has 0 aliphatic heterocycles. The SMILES string of the molecule is COCCN(Cc1cccnc1)S(=O)(=O)c1c(C)c(C)cc(C)c1C. The van der Waals surface area contributed by atoms with Gasteiger partial charge in [-0.25, -0.2) is 8.42 Å². The number of methoxy groups -OCH3 is 1. The molecule has 0 amide bonds. The summed E-state index contributed by atoms with van der Waals surface area (Å²) in [6.07, 6.45) is 3.37. The summed E-state index contributed by atoms with van der Waals surface area (Å²) in [5.41, 5.74) is 4.42. The molecule has 0 atom stereocenters. The molecule has 0 bridgehead atoms. The third-order valence-electron chi connectivity index (χ3n) is 4.52. The Bertz CT molecular complexity index is 807. The first-order chi connectivity index (χ1) is 11.8. The Balaban J connectivity index is 2.52. The molecule has 0 saturated carbocycles. The minimum atomic E-state index is -3.65. The number of hydrogen-bond donors (Lipinski definition) is 0. The van der Waals surface area contributed by atoms with Crippen LogP contribution in [-0.2, 0) is 21.3 Å². The molecular weight excluding hydrogens is 336 g/mol. The fourth-order valence-electron chi connectivity index (χ4n) is 2.87. The van der Waals surface area contributed by atoms with Crippen molar-refractivity contribution in [3.05, 3.63) is 58.4 Å². The van der Waals surface area contributed by atoms with Gasteiger partial charge in [0.05, 0.1) is 11.5 Å². The molecule has 0 N–H and O–H groups in total. The normalized spacial score (nSPS) is 11.9. The van der Waals surface area contributed by atoms with Crippen molar-refractivity contribution < 1.29 is 13.2 Å². The van der Waals surface area contributed by atoms with Crippen LogP contribution in [0.3, 0.4) is 0 Å². The minimum Gasteiger partial charge on any atom is -0.383 e. The Hall–Kier alpha value is -1.76. The highest BCUT2D eigenvalue weighted by molar-refractivity contribution is 7.89. The smallest absolute Gasteiger partial charge is 0.244 e. The molecule has 2 aromatic rings. The summed E-state index contributed by atoms with van der Waals surface area (Å²) in [7, 11) is -2.08. The molecule has 1 aromatic carbocycles. The van der Waals surface area contributed by atoms with Gasteiger partial charge < -0.3 is 4.74 Å². The molecule has 1 aromatic heterocycles. The van der Waals surface area contributed by atoms with Crippen molar-refractivity contribution in [1.29, 1.82) is 0 Å². The first kappa shape index (κ1) is 19.6. The van der Waals surface area contributed by atoms with E-state index in [-0.39, 0.29) is 6.54 Å². The Labute approximate surface area is 150 Å². The number of aryl methyl sites for hydroxylation is 2. The van der Waals surface area contributed by atoms with Crippen LogP contribution in [0.2, 0.25) is 0 Å². The molecule has 0 aliphatic carbocycles.